The van der Waals surface area contributed by atoms with E-state index in [-0.39, 0.29) is 34.6 Å². The molecule has 1 N–H and O–H groups in total. The van der Waals surface area contributed by atoms with E-state index in [1.54, 1.807) is 35.6 Å². The number of hydrogen-bond acceptors (Lipinski definition) is 8. The van der Waals surface area contributed by atoms with Gasteiger partial charge in [-0.15, -0.1) is 11.3 Å². The minimum atomic E-state index is -5.82. The molecule has 0 atom stereocenters. The van der Waals surface area contributed by atoms with Crippen LogP contribution in [0.25, 0.3) is 31.9 Å². The molecular weight excluding hydrogens is 989 g/mol. The standard InChI is InChI=1S/C56H37F6NO4S.CH4O3S/c1-34-7-10-37(11-8-34)51(64)39-17-25-44(26-18-39)66-46-29-21-42(22-30-46)54(55(57,58)59,56(60,61)62)43-23-31-47(32-24-43)67-45-27-19-40(20-28-45)52(65)38-15-13-36(14-16-38)41-12-9-35(2)48(33-41)53-63-49-5-3-4-6-50(49)68-53;1-5(2,3)4/h3-33H,1-2H3;1H3,(H,2,3,4). The third kappa shape index (κ3) is 11.6. The second-order valence-electron chi connectivity index (χ2n) is 16.9. The minimum Gasteiger partial charge on any atom is -0.457 e. The number of carbonyl (C=O) groups excluding carboxylic acids is 2. The molecule has 0 radical (unpaired) electrons. The van der Waals surface area contributed by atoms with Crippen molar-refractivity contribution in [3.8, 4) is 44.7 Å². The Kier molecular flexibility index (Phi) is 14.6. The van der Waals surface area contributed by atoms with Gasteiger partial charge in [-0.05, 0) is 133 Å². The van der Waals surface area contributed by atoms with Gasteiger partial charge in [-0.3, -0.25) is 14.1 Å². The molecule has 1 aromatic heterocycles. The molecule has 0 fully saturated rings. The van der Waals surface area contributed by atoms with Crippen LogP contribution in [0.5, 0.6) is 23.0 Å². The first-order valence-electron chi connectivity index (χ1n) is 22.1. The van der Waals surface area contributed by atoms with E-state index < -0.39 is 39.0 Å². The molecule has 9 aromatic rings. The van der Waals surface area contributed by atoms with Gasteiger partial charge in [0.05, 0.1) is 16.5 Å². The Labute approximate surface area is 419 Å². The zero-order valence-electron chi connectivity index (χ0n) is 38.8. The molecule has 16 heteroatoms. The number of nitrogens with zero attached hydrogens (tertiary/aromatic N) is 1. The Morgan fingerprint density at radius 3 is 1.30 bits per heavy atom. The van der Waals surface area contributed by atoms with Gasteiger partial charge in [0.25, 0.3) is 10.1 Å². The van der Waals surface area contributed by atoms with E-state index in [2.05, 4.69) is 6.07 Å². The Morgan fingerprint density at radius 2 is 0.890 bits per heavy atom. The molecule has 0 bridgehead atoms. The Bertz CT molecular complexity index is 3490. The highest BCUT2D eigenvalue weighted by molar-refractivity contribution is 7.85. The monoisotopic (exact) mass is 1030 g/mol. The first kappa shape index (κ1) is 51.4. The van der Waals surface area contributed by atoms with Crippen LogP contribution in [0.2, 0.25) is 0 Å². The zero-order chi connectivity index (χ0) is 52.3. The van der Waals surface area contributed by atoms with Gasteiger partial charge < -0.3 is 9.47 Å². The Morgan fingerprint density at radius 1 is 0.521 bits per heavy atom. The van der Waals surface area contributed by atoms with Crippen molar-refractivity contribution in [3.63, 3.8) is 0 Å². The molecule has 0 saturated carbocycles. The number of ketones is 2. The van der Waals surface area contributed by atoms with Crippen LogP contribution in [-0.4, -0.2) is 48.1 Å². The van der Waals surface area contributed by atoms with Gasteiger partial charge >= 0.3 is 12.4 Å². The predicted octanol–water partition coefficient (Wildman–Crippen LogP) is 15.2. The van der Waals surface area contributed by atoms with E-state index in [0.29, 0.717) is 28.5 Å². The lowest BCUT2D eigenvalue weighted by atomic mass is 9.73. The van der Waals surface area contributed by atoms with Crippen LogP contribution in [0.3, 0.4) is 0 Å². The Hall–Kier alpha value is -7.92. The lowest BCUT2D eigenvalue weighted by Gasteiger charge is -2.38. The van der Waals surface area contributed by atoms with Crippen molar-refractivity contribution in [2.45, 2.75) is 31.6 Å². The van der Waals surface area contributed by atoms with Crippen molar-refractivity contribution in [1.82, 2.24) is 4.98 Å². The van der Waals surface area contributed by atoms with Crippen molar-refractivity contribution in [2.24, 2.45) is 0 Å². The summed E-state index contributed by atoms with van der Waals surface area (Å²) in [4.78, 5) is 31.2. The first-order chi connectivity index (χ1) is 34.6. The number of carbonyl (C=O) groups is 2. The number of aromatic nitrogens is 1. The molecule has 0 aliphatic carbocycles. The summed E-state index contributed by atoms with van der Waals surface area (Å²) in [5.41, 5.74) is 1.01. The van der Waals surface area contributed by atoms with E-state index in [0.717, 1.165) is 91.6 Å². The molecule has 370 valence electrons. The number of thiazole rings is 1. The quantitative estimate of drug-likeness (QED) is 0.0730. The van der Waals surface area contributed by atoms with Gasteiger partial charge in [-0.2, -0.15) is 34.8 Å². The van der Waals surface area contributed by atoms with Gasteiger partial charge in [0.2, 0.25) is 5.41 Å². The van der Waals surface area contributed by atoms with Crippen molar-refractivity contribution in [1.29, 1.82) is 0 Å². The van der Waals surface area contributed by atoms with E-state index in [1.165, 1.54) is 48.5 Å². The average Bonchev–Trinajstić information content (AvgIpc) is 3.79. The summed E-state index contributed by atoms with van der Waals surface area (Å²) in [6.45, 7) is 3.94. The maximum atomic E-state index is 15.0. The van der Waals surface area contributed by atoms with Crippen LogP contribution in [0.15, 0.2) is 188 Å². The van der Waals surface area contributed by atoms with E-state index in [1.807, 2.05) is 74.5 Å². The van der Waals surface area contributed by atoms with Crippen LogP contribution in [-0.2, 0) is 15.5 Å². The largest absolute Gasteiger partial charge is 0.457 e. The molecule has 0 aliphatic heterocycles. The molecule has 8 nitrogen and oxygen atoms in total. The highest BCUT2D eigenvalue weighted by Crippen LogP contribution is 2.56. The lowest BCUT2D eigenvalue weighted by Crippen LogP contribution is -2.54. The average molecular weight is 1030 g/mol. The van der Waals surface area contributed by atoms with Gasteiger partial charge in [-0.25, -0.2) is 4.98 Å². The molecule has 0 aliphatic rings. The van der Waals surface area contributed by atoms with Crippen LogP contribution in [0, 0.1) is 13.8 Å². The van der Waals surface area contributed by atoms with Gasteiger partial charge in [0, 0.05) is 27.8 Å². The molecule has 73 heavy (non-hydrogen) atoms. The third-order valence-electron chi connectivity index (χ3n) is 11.7. The smallest absolute Gasteiger partial charge is 0.411 e. The number of rotatable bonds is 12. The number of fused-ring (bicyclic) bond motifs is 1. The summed E-state index contributed by atoms with van der Waals surface area (Å²) >= 11 is 1.63. The highest BCUT2D eigenvalue weighted by Gasteiger charge is 2.72. The molecule has 0 saturated heterocycles. The fourth-order valence-corrected chi connectivity index (χ4v) is 9.07. The highest BCUT2D eigenvalue weighted by atomic mass is 32.2. The molecule has 0 amide bonds. The summed E-state index contributed by atoms with van der Waals surface area (Å²) in [6, 6.07) is 47.5. The molecule has 9 rings (SSSR count). The molecular formula is C57H41F6NO7S2. The summed E-state index contributed by atoms with van der Waals surface area (Å²) in [5, 5.41) is 0.923. The third-order valence-corrected chi connectivity index (χ3v) is 12.8. The lowest BCUT2D eigenvalue weighted by molar-refractivity contribution is -0.288. The predicted molar refractivity (Wildman–Crippen MR) is 270 cm³/mol. The summed E-state index contributed by atoms with van der Waals surface area (Å²) in [7, 11) is -3.67. The summed E-state index contributed by atoms with van der Waals surface area (Å²) < 4.78 is 128. The van der Waals surface area contributed by atoms with Crippen LogP contribution in [0.1, 0.15) is 54.1 Å². The van der Waals surface area contributed by atoms with Crippen molar-refractivity contribution < 1.29 is 58.4 Å². The van der Waals surface area contributed by atoms with Crippen LogP contribution in [0.4, 0.5) is 26.3 Å². The number of ether oxygens (including phenoxy) is 2. The van der Waals surface area contributed by atoms with Crippen molar-refractivity contribution in [3.05, 3.63) is 233 Å². The fraction of sp³-hybridized carbons (Fsp3) is 0.105. The zero-order valence-corrected chi connectivity index (χ0v) is 40.5. The Balaban J connectivity index is 0.00000136. The molecule has 0 spiro atoms. The second kappa shape index (κ2) is 20.7. The van der Waals surface area contributed by atoms with E-state index in [4.69, 9.17) is 19.0 Å². The van der Waals surface area contributed by atoms with Crippen LogP contribution < -0.4 is 9.47 Å². The topological polar surface area (TPSA) is 120 Å². The van der Waals surface area contributed by atoms with Gasteiger partial charge in [-0.1, -0.05) is 103 Å². The number of aryl methyl sites for hydroxylation is 2. The first-order valence-corrected chi connectivity index (χ1v) is 24.8. The summed E-state index contributed by atoms with van der Waals surface area (Å²) in [5.74, 6) is -0.121. The van der Waals surface area contributed by atoms with Crippen LogP contribution >= 0.6 is 11.3 Å². The minimum absolute atomic E-state index is 0.0204. The van der Waals surface area contributed by atoms with E-state index in [9.17, 15) is 44.3 Å². The van der Waals surface area contributed by atoms with Gasteiger partial charge in [0.15, 0.2) is 11.6 Å². The maximum absolute atomic E-state index is 15.0. The maximum Gasteiger partial charge on any atom is 0.411 e. The number of hydrogen-bond donors (Lipinski definition) is 1. The number of para-hydroxylation sites is 1. The molecule has 1 heterocycles. The number of alkyl halides is 6. The fourth-order valence-electron chi connectivity index (χ4n) is 8.02. The second-order valence-corrected chi connectivity index (χ2v) is 19.4. The SMILES string of the molecule is CS(=O)(=O)O.Cc1ccc(C(=O)c2ccc(Oc3ccc(C(c4ccc(Oc5ccc(C(=O)c6ccc(-c7ccc(C)c(-c8nc9ccccc9s8)c7)cc6)cc5)cc4)(C(F)(F)F)C(F)(F)F)cc3)cc2)cc1. The van der Waals surface area contributed by atoms with E-state index >= 15 is 0 Å². The van der Waals surface area contributed by atoms with Crippen molar-refractivity contribution >= 4 is 43.2 Å². The molecule has 0 unspecified atom stereocenters. The molecule has 8 aromatic carbocycles. The summed E-state index contributed by atoms with van der Waals surface area (Å²) in [6.07, 6.45) is -10.9. The number of halogens is 6. The van der Waals surface area contributed by atoms with Crippen molar-refractivity contribution in [2.75, 3.05) is 6.26 Å². The normalized spacial score (nSPS) is 11.9. The van der Waals surface area contributed by atoms with Gasteiger partial charge in [0.1, 0.15) is 28.0 Å². The number of benzene rings is 8.